The van der Waals surface area contributed by atoms with Gasteiger partial charge in [-0.2, -0.15) is 5.10 Å². The van der Waals surface area contributed by atoms with E-state index < -0.39 is 0 Å². The van der Waals surface area contributed by atoms with E-state index in [1.165, 1.54) is 0 Å². The number of carbonyl (C=O) groups excluding carboxylic acids is 2. The third-order valence-electron chi connectivity index (χ3n) is 5.27. The largest absolute Gasteiger partial charge is 0.466 e. The van der Waals surface area contributed by atoms with Crippen molar-refractivity contribution in [2.45, 2.75) is 53.4 Å². The summed E-state index contributed by atoms with van der Waals surface area (Å²) in [4.78, 5) is 31.1. The van der Waals surface area contributed by atoms with E-state index in [0.717, 1.165) is 41.1 Å². The van der Waals surface area contributed by atoms with Gasteiger partial charge >= 0.3 is 5.97 Å². The van der Waals surface area contributed by atoms with Gasteiger partial charge < -0.3 is 9.64 Å². The number of hydrogen-bond acceptors (Lipinski definition) is 5. The van der Waals surface area contributed by atoms with Crippen LogP contribution in [0.2, 0.25) is 0 Å². The lowest BCUT2D eigenvalue weighted by Crippen LogP contribution is -2.42. The maximum Gasteiger partial charge on any atom is 0.310 e. The van der Waals surface area contributed by atoms with E-state index in [9.17, 15) is 9.59 Å². The molecule has 0 N–H and O–H groups in total. The number of carbonyl (C=O) groups is 2. The Kier molecular flexibility index (Phi) is 5.77. The smallest absolute Gasteiger partial charge is 0.310 e. The lowest BCUT2D eigenvalue weighted by atomic mass is 9.97. The van der Waals surface area contributed by atoms with Crippen LogP contribution < -0.4 is 0 Å². The van der Waals surface area contributed by atoms with Gasteiger partial charge in [0.2, 0.25) is 5.91 Å². The Bertz CT molecular complexity index is 859. The van der Waals surface area contributed by atoms with Crippen molar-refractivity contribution >= 4 is 17.5 Å². The second-order valence-electron chi connectivity index (χ2n) is 7.25. The molecule has 2 aromatic rings. The van der Waals surface area contributed by atoms with Gasteiger partial charge in [0.1, 0.15) is 0 Å². The van der Waals surface area contributed by atoms with Crippen LogP contribution in [-0.2, 0) is 20.7 Å². The third-order valence-corrected chi connectivity index (χ3v) is 5.27. The summed E-state index contributed by atoms with van der Waals surface area (Å²) >= 11 is 0. The van der Waals surface area contributed by atoms with Crippen LogP contribution in [0.3, 0.4) is 0 Å². The summed E-state index contributed by atoms with van der Waals surface area (Å²) in [6.45, 7) is 9.31. The molecule has 0 aliphatic carbocycles. The quantitative estimate of drug-likeness (QED) is 0.753. The first-order chi connectivity index (χ1) is 12.9. The molecule has 7 nitrogen and oxygen atoms in total. The summed E-state index contributed by atoms with van der Waals surface area (Å²) in [5, 5.41) is 4.49. The maximum atomic E-state index is 12.7. The van der Waals surface area contributed by atoms with Gasteiger partial charge in [0.25, 0.3) is 0 Å². The second-order valence-corrected chi connectivity index (χ2v) is 7.25. The topological polar surface area (TPSA) is 76.8 Å². The van der Waals surface area contributed by atoms with E-state index in [-0.39, 0.29) is 17.8 Å². The molecule has 7 heteroatoms. The molecule has 0 aromatic carbocycles. The summed E-state index contributed by atoms with van der Waals surface area (Å²) in [5.74, 6) is -0.305. The van der Waals surface area contributed by atoms with E-state index in [1.54, 1.807) is 11.8 Å². The minimum atomic E-state index is -0.198. The highest BCUT2D eigenvalue weighted by atomic mass is 16.5. The summed E-state index contributed by atoms with van der Waals surface area (Å²) < 4.78 is 6.97. The zero-order valence-corrected chi connectivity index (χ0v) is 16.6. The van der Waals surface area contributed by atoms with Crippen molar-refractivity contribution in [3.63, 3.8) is 0 Å². The Hall–Kier alpha value is -2.44. The van der Waals surface area contributed by atoms with Crippen molar-refractivity contribution in [2.75, 3.05) is 19.7 Å². The number of aromatic nitrogens is 3. The number of rotatable bonds is 5. The van der Waals surface area contributed by atoms with Crippen molar-refractivity contribution in [2.24, 2.45) is 5.92 Å². The number of esters is 1. The predicted octanol–water partition coefficient (Wildman–Crippen LogP) is 2.39. The SMILES string of the molecule is CCOC(=O)C1CCCN(C(=O)CCc2c(C)nc3cc(C)nn3c2C)C1. The number of piperidine rings is 1. The number of aryl methyl sites for hydroxylation is 3. The average molecular weight is 372 g/mol. The fourth-order valence-electron chi connectivity index (χ4n) is 3.85. The number of likely N-dealkylation sites (tertiary alicyclic amines) is 1. The maximum absolute atomic E-state index is 12.7. The first kappa shape index (κ1) is 19.3. The first-order valence-corrected chi connectivity index (χ1v) is 9.67. The Labute approximate surface area is 159 Å². The lowest BCUT2D eigenvalue weighted by Gasteiger charge is -2.31. The molecule has 1 amide bonds. The molecule has 3 rings (SSSR count). The first-order valence-electron chi connectivity index (χ1n) is 9.67. The minimum absolute atomic E-state index is 0.0829. The molecule has 0 radical (unpaired) electrons. The number of nitrogens with zero attached hydrogens (tertiary/aromatic N) is 4. The van der Waals surface area contributed by atoms with Gasteiger partial charge in [-0.15, -0.1) is 0 Å². The molecule has 0 bridgehead atoms. The van der Waals surface area contributed by atoms with Crippen molar-refractivity contribution in [1.82, 2.24) is 19.5 Å². The number of fused-ring (bicyclic) bond motifs is 1. The van der Waals surface area contributed by atoms with E-state index in [1.807, 2.05) is 31.4 Å². The Morgan fingerprint density at radius 3 is 2.81 bits per heavy atom. The van der Waals surface area contributed by atoms with E-state index in [2.05, 4.69) is 10.1 Å². The molecule has 1 saturated heterocycles. The molecule has 2 aromatic heterocycles. The van der Waals surface area contributed by atoms with Crippen LogP contribution in [0.25, 0.3) is 5.65 Å². The molecule has 1 aliphatic rings. The summed E-state index contributed by atoms with van der Waals surface area (Å²) in [6.07, 6.45) is 2.66. The van der Waals surface area contributed by atoms with Crippen LogP contribution in [0.1, 0.15) is 48.8 Å². The molecular formula is C20H28N4O3. The fourth-order valence-corrected chi connectivity index (χ4v) is 3.85. The van der Waals surface area contributed by atoms with Crippen LogP contribution in [-0.4, -0.2) is 51.1 Å². The van der Waals surface area contributed by atoms with Crippen molar-refractivity contribution in [3.8, 4) is 0 Å². The highest BCUT2D eigenvalue weighted by molar-refractivity contribution is 5.78. The molecule has 3 heterocycles. The normalized spacial score (nSPS) is 17.3. The van der Waals surface area contributed by atoms with Crippen molar-refractivity contribution < 1.29 is 14.3 Å². The summed E-state index contributed by atoms with van der Waals surface area (Å²) in [5.41, 5.74) is 4.80. The van der Waals surface area contributed by atoms with Crippen LogP contribution in [0.15, 0.2) is 6.07 Å². The zero-order chi connectivity index (χ0) is 19.6. The van der Waals surface area contributed by atoms with Gasteiger partial charge in [0.05, 0.1) is 18.2 Å². The van der Waals surface area contributed by atoms with Gasteiger partial charge in [0, 0.05) is 37.0 Å². The standard InChI is InChI=1S/C20H28N4O3/c1-5-27-20(26)16-7-6-10-23(12-16)19(25)9-8-17-14(3)21-18-11-13(2)22-24(18)15(17)4/h11,16H,5-10,12H2,1-4H3. The van der Waals surface area contributed by atoms with Crippen LogP contribution in [0, 0.1) is 26.7 Å². The number of ether oxygens (including phenoxy) is 1. The van der Waals surface area contributed by atoms with E-state index >= 15 is 0 Å². The van der Waals surface area contributed by atoms with Gasteiger partial charge in [0.15, 0.2) is 5.65 Å². The molecule has 1 unspecified atom stereocenters. The molecule has 1 fully saturated rings. The molecule has 27 heavy (non-hydrogen) atoms. The summed E-state index contributed by atoms with van der Waals surface area (Å²) in [6, 6.07) is 1.96. The fraction of sp³-hybridized carbons (Fsp3) is 0.600. The molecule has 146 valence electrons. The van der Waals surface area contributed by atoms with Crippen molar-refractivity contribution in [1.29, 1.82) is 0 Å². The molecular weight excluding hydrogens is 344 g/mol. The highest BCUT2D eigenvalue weighted by Gasteiger charge is 2.29. The monoisotopic (exact) mass is 372 g/mol. The van der Waals surface area contributed by atoms with E-state index in [4.69, 9.17) is 4.74 Å². The second kappa shape index (κ2) is 8.06. The minimum Gasteiger partial charge on any atom is -0.466 e. The predicted molar refractivity (Wildman–Crippen MR) is 101 cm³/mol. The lowest BCUT2D eigenvalue weighted by molar-refractivity contribution is -0.151. The van der Waals surface area contributed by atoms with Crippen LogP contribution in [0.4, 0.5) is 0 Å². The Morgan fingerprint density at radius 2 is 2.07 bits per heavy atom. The summed E-state index contributed by atoms with van der Waals surface area (Å²) in [7, 11) is 0. The van der Waals surface area contributed by atoms with Crippen molar-refractivity contribution in [3.05, 3.63) is 28.7 Å². The van der Waals surface area contributed by atoms with Crippen LogP contribution in [0.5, 0.6) is 0 Å². The zero-order valence-electron chi connectivity index (χ0n) is 16.6. The van der Waals surface area contributed by atoms with Crippen LogP contribution >= 0.6 is 0 Å². The number of amides is 1. The van der Waals surface area contributed by atoms with E-state index in [0.29, 0.717) is 32.5 Å². The molecule has 1 aliphatic heterocycles. The third kappa shape index (κ3) is 4.12. The Balaban J connectivity index is 1.67. The number of hydrogen-bond donors (Lipinski definition) is 0. The molecule has 0 saturated carbocycles. The average Bonchev–Trinajstić information content (AvgIpc) is 3.02. The van der Waals surface area contributed by atoms with Gasteiger partial charge in [-0.3, -0.25) is 9.59 Å². The Morgan fingerprint density at radius 1 is 1.30 bits per heavy atom. The van der Waals surface area contributed by atoms with Gasteiger partial charge in [-0.25, -0.2) is 9.50 Å². The highest BCUT2D eigenvalue weighted by Crippen LogP contribution is 2.21. The van der Waals surface area contributed by atoms with Gasteiger partial charge in [-0.1, -0.05) is 0 Å². The molecule has 1 atom stereocenters. The molecule has 0 spiro atoms. The van der Waals surface area contributed by atoms with Gasteiger partial charge in [-0.05, 0) is 52.5 Å².